The second-order valence-corrected chi connectivity index (χ2v) is 3.37. The summed E-state index contributed by atoms with van der Waals surface area (Å²) in [6, 6.07) is 0. The van der Waals surface area contributed by atoms with Crippen molar-refractivity contribution in [1.82, 2.24) is 19.5 Å². The highest BCUT2D eigenvalue weighted by molar-refractivity contribution is 5.25. The molecule has 0 fully saturated rings. The van der Waals surface area contributed by atoms with E-state index in [2.05, 4.69) is 20.3 Å². The Balaban J connectivity index is 2.30. The van der Waals surface area contributed by atoms with E-state index >= 15 is 0 Å². The Labute approximate surface area is 92.4 Å². The molecule has 2 heterocycles. The maximum Gasteiger partial charge on any atom is 0.222 e. The predicted molar refractivity (Wildman–Crippen MR) is 57.6 cm³/mol. The van der Waals surface area contributed by atoms with Gasteiger partial charge in [-0.2, -0.15) is 0 Å². The molecule has 0 saturated carbocycles. The van der Waals surface area contributed by atoms with E-state index < -0.39 is 5.82 Å². The smallest absolute Gasteiger partial charge is 0.222 e. The SMILES string of the molecule is CNc1ncc(F)c(Cc2nccn2C)n1. The van der Waals surface area contributed by atoms with Crippen LogP contribution in [0.15, 0.2) is 18.6 Å². The fourth-order valence-corrected chi connectivity index (χ4v) is 1.36. The number of hydrogen-bond acceptors (Lipinski definition) is 4. The van der Waals surface area contributed by atoms with E-state index in [0.717, 1.165) is 12.0 Å². The first-order valence-corrected chi connectivity index (χ1v) is 4.86. The Kier molecular flexibility index (Phi) is 2.80. The van der Waals surface area contributed by atoms with Crippen LogP contribution < -0.4 is 5.32 Å². The molecule has 16 heavy (non-hydrogen) atoms. The fraction of sp³-hybridized carbons (Fsp3) is 0.300. The van der Waals surface area contributed by atoms with Crippen LogP contribution >= 0.6 is 0 Å². The molecule has 0 radical (unpaired) electrons. The summed E-state index contributed by atoms with van der Waals surface area (Å²) in [5.74, 6) is 0.757. The summed E-state index contributed by atoms with van der Waals surface area (Å²) >= 11 is 0. The number of rotatable bonds is 3. The van der Waals surface area contributed by atoms with Gasteiger partial charge in [-0.15, -0.1) is 0 Å². The zero-order valence-corrected chi connectivity index (χ0v) is 9.11. The van der Waals surface area contributed by atoms with Gasteiger partial charge in [0.25, 0.3) is 0 Å². The van der Waals surface area contributed by atoms with Gasteiger partial charge in [0.05, 0.1) is 18.3 Å². The molecule has 0 bridgehead atoms. The third kappa shape index (κ3) is 2.00. The van der Waals surface area contributed by atoms with Crippen molar-refractivity contribution in [2.45, 2.75) is 6.42 Å². The third-order valence-electron chi connectivity index (χ3n) is 2.29. The van der Waals surface area contributed by atoms with Gasteiger partial charge in [-0.1, -0.05) is 0 Å². The topological polar surface area (TPSA) is 55.6 Å². The van der Waals surface area contributed by atoms with E-state index in [1.807, 2.05) is 17.8 Å². The lowest BCUT2D eigenvalue weighted by Crippen LogP contribution is -2.06. The molecule has 0 atom stereocenters. The molecule has 2 aromatic rings. The molecule has 0 spiro atoms. The van der Waals surface area contributed by atoms with Gasteiger partial charge < -0.3 is 9.88 Å². The number of halogens is 1. The van der Waals surface area contributed by atoms with Crippen LogP contribution in [0.1, 0.15) is 11.5 Å². The molecule has 0 aliphatic carbocycles. The number of aryl methyl sites for hydroxylation is 1. The van der Waals surface area contributed by atoms with Crippen LogP contribution in [0.3, 0.4) is 0 Å². The Morgan fingerprint density at radius 2 is 2.25 bits per heavy atom. The van der Waals surface area contributed by atoms with Crippen molar-refractivity contribution in [3.05, 3.63) is 35.9 Å². The maximum absolute atomic E-state index is 13.4. The van der Waals surface area contributed by atoms with Crippen molar-refractivity contribution >= 4 is 5.95 Å². The number of anilines is 1. The zero-order valence-electron chi connectivity index (χ0n) is 9.11. The normalized spacial score (nSPS) is 10.4. The molecule has 0 saturated heterocycles. The van der Waals surface area contributed by atoms with Gasteiger partial charge in [0.1, 0.15) is 5.82 Å². The number of nitrogens with one attached hydrogen (secondary N) is 1. The van der Waals surface area contributed by atoms with Crippen molar-refractivity contribution in [1.29, 1.82) is 0 Å². The largest absolute Gasteiger partial charge is 0.357 e. The Morgan fingerprint density at radius 3 is 2.88 bits per heavy atom. The molecule has 2 rings (SSSR count). The highest BCUT2D eigenvalue weighted by Gasteiger charge is 2.09. The molecule has 0 amide bonds. The summed E-state index contributed by atoms with van der Waals surface area (Å²) < 4.78 is 15.3. The highest BCUT2D eigenvalue weighted by Crippen LogP contribution is 2.10. The second-order valence-electron chi connectivity index (χ2n) is 3.37. The lowest BCUT2D eigenvalue weighted by atomic mass is 10.3. The fourth-order valence-electron chi connectivity index (χ4n) is 1.36. The number of nitrogens with zero attached hydrogens (tertiary/aromatic N) is 4. The first kappa shape index (κ1) is 10.5. The van der Waals surface area contributed by atoms with Crippen molar-refractivity contribution in [2.75, 3.05) is 12.4 Å². The average molecular weight is 221 g/mol. The summed E-state index contributed by atoms with van der Waals surface area (Å²) in [5.41, 5.74) is 0.341. The van der Waals surface area contributed by atoms with Crippen LogP contribution in [0, 0.1) is 5.82 Å². The molecule has 5 nitrogen and oxygen atoms in total. The Hall–Kier alpha value is -1.98. The van der Waals surface area contributed by atoms with Crippen LogP contribution in [0.25, 0.3) is 0 Å². The monoisotopic (exact) mass is 221 g/mol. The maximum atomic E-state index is 13.4. The van der Waals surface area contributed by atoms with Gasteiger partial charge >= 0.3 is 0 Å². The van der Waals surface area contributed by atoms with Crippen molar-refractivity contribution < 1.29 is 4.39 Å². The van der Waals surface area contributed by atoms with Crippen LogP contribution in [-0.2, 0) is 13.5 Å². The van der Waals surface area contributed by atoms with Crippen molar-refractivity contribution in [3.8, 4) is 0 Å². The van der Waals surface area contributed by atoms with Gasteiger partial charge in [0, 0.05) is 26.5 Å². The minimum absolute atomic E-state index is 0.341. The second kappa shape index (κ2) is 4.26. The van der Waals surface area contributed by atoms with E-state index in [-0.39, 0.29) is 0 Å². The molecule has 0 unspecified atom stereocenters. The molecular weight excluding hydrogens is 209 g/mol. The average Bonchev–Trinajstić information content (AvgIpc) is 2.68. The minimum atomic E-state index is -0.415. The van der Waals surface area contributed by atoms with Crippen LogP contribution in [0.2, 0.25) is 0 Å². The standard InChI is InChI=1S/C10H12FN5/c1-12-10-14-6-7(11)8(15-10)5-9-13-3-4-16(9)2/h3-4,6H,5H2,1-2H3,(H,12,14,15). The molecule has 2 aromatic heterocycles. The number of imidazole rings is 1. The summed E-state index contributed by atoms with van der Waals surface area (Å²) in [4.78, 5) is 12.0. The van der Waals surface area contributed by atoms with Crippen LogP contribution in [0.4, 0.5) is 10.3 Å². The van der Waals surface area contributed by atoms with Gasteiger partial charge in [-0.3, -0.25) is 0 Å². The quantitative estimate of drug-likeness (QED) is 0.839. The van der Waals surface area contributed by atoms with E-state index in [4.69, 9.17) is 0 Å². The summed E-state index contributed by atoms with van der Waals surface area (Å²) in [5, 5.41) is 2.77. The number of aromatic nitrogens is 4. The summed E-state index contributed by atoms with van der Waals surface area (Å²) in [7, 11) is 3.55. The van der Waals surface area contributed by atoms with Gasteiger partial charge in [-0.25, -0.2) is 19.3 Å². The molecule has 0 aromatic carbocycles. The Bertz CT molecular complexity index is 494. The van der Waals surface area contributed by atoms with E-state index in [1.165, 1.54) is 0 Å². The zero-order chi connectivity index (χ0) is 11.5. The van der Waals surface area contributed by atoms with Crippen LogP contribution in [0.5, 0.6) is 0 Å². The lowest BCUT2D eigenvalue weighted by molar-refractivity contribution is 0.592. The first-order valence-electron chi connectivity index (χ1n) is 4.86. The van der Waals surface area contributed by atoms with E-state index in [9.17, 15) is 4.39 Å². The van der Waals surface area contributed by atoms with Crippen molar-refractivity contribution in [3.63, 3.8) is 0 Å². The summed E-state index contributed by atoms with van der Waals surface area (Å²) in [6.07, 6.45) is 5.00. The highest BCUT2D eigenvalue weighted by atomic mass is 19.1. The van der Waals surface area contributed by atoms with Gasteiger partial charge in [-0.05, 0) is 0 Å². The lowest BCUT2D eigenvalue weighted by Gasteiger charge is -2.04. The summed E-state index contributed by atoms with van der Waals surface area (Å²) in [6.45, 7) is 0. The number of hydrogen-bond donors (Lipinski definition) is 1. The van der Waals surface area contributed by atoms with Gasteiger partial charge in [0.15, 0.2) is 5.82 Å². The third-order valence-corrected chi connectivity index (χ3v) is 2.29. The van der Waals surface area contributed by atoms with Gasteiger partial charge in [0.2, 0.25) is 5.95 Å². The molecule has 0 aliphatic rings. The molecule has 0 aliphatic heterocycles. The predicted octanol–water partition coefficient (Wildman–Crippen LogP) is 0.982. The van der Waals surface area contributed by atoms with E-state index in [0.29, 0.717) is 18.1 Å². The molecule has 84 valence electrons. The molecule has 6 heteroatoms. The molecular formula is C10H12FN5. The van der Waals surface area contributed by atoms with Crippen LogP contribution in [-0.4, -0.2) is 26.6 Å². The molecule has 1 N–H and O–H groups in total. The Morgan fingerprint density at radius 1 is 1.44 bits per heavy atom. The van der Waals surface area contributed by atoms with E-state index in [1.54, 1.807) is 13.2 Å². The minimum Gasteiger partial charge on any atom is -0.357 e. The first-order chi connectivity index (χ1) is 7.70. The van der Waals surface area contributed by atoms with Crippen molar-refractivity contribution in [2.24, 2.45) is 7.05 Å².